The molecule has 0 amide bonds. The first-order valence-electron chi connectivity index (χ1n) is 3.05. The van der Waals surface area contributed by atoms with Gasteiger partial charge in [0.25, 0.3) is 0 Å². The van der Waals surface area contributed by atoms with E-state index in [0.29, 0.717) is 0 Å². The van der Waals surface area contributed by atoms with Gasteiger partial charge in [0.05, 0.1) is 0 Å². The molecule has 1 rings (SSSR count). The van der Waals surface area contributed by atoms with Gasteiger partial charge in [0.1, 0.15) is 0 Å². The van der Waals surface area contributed by atoms with Crippen LogP contribution < -0.4 is 0 Å². The van der Waals surface area contributed by atoms with Gasteiger partial charge in [-0.15, -0.1) is 6.58 Å². The monoisotopic (exact) mass is 151 g/mol. The van der Waals surface area contributed by atoms with E-state index in [0.717, 1.165) is 10.6 Å². The zero-order valence-corrected chi connectivity index (χ0v) is 6.31. The summed E-state index contributed by atoms with van der Waals surface area (Å²) in [6.07, 6.45) is 3.60. The molecule has 0 atom stereocenters. The molecule has 0 bridgehead atoms. The maximum atomic E-state index is 5.82. The Hall–Kier alpha value is -0.750. The number of rotatable bonds is 2. The Bertz CT molecular complexity index is 228. The fourth-order valence-corrected chi connectivity index (χ4v) is 0.936. The first-order valence-corrected chi connectivity index (χ1v) is 3.42. The van der Waals surface area contributed by atoms with Crippen molar-refractivity contribution in [2.24, 2.45) is 0 Å². The highest BCUT2D eigenvalue weighted by atomic mass is 35.5. The molecule has 0 aliphatic heterocycles. The van der Waals surface area contributed by atoms with Gasteiger partial charge in [0.15, 0.2) is 0 Å². The minimum atomic E-state index is 0.766. The van der Waals surface area contributed by atoms with Crippen molar-refractivity contribution < 1.29 is 0 Å². The molecule has 0 saturated carbocycles. The van der Waals surface area contributed by atoms with Crippen LogP contribution in [0, 0.1) is 6.42 Å². The van der Waals surface area contributed by atoms with Crippen molar-refractivity contribution in [2.45, 2.75) is 0 Å². The molecule has 10 heavy (non-hydrogen) atoms. The summed E-state index contributed by atoms with van der Waals surface area (Å²) in [6, 6.07) is 7.66. The molecule has 0 aliphatic carbocycles. The van der Waals surface area contributed by atoms with Crippen molar-refractivity contribution in [1.29, 1.82) is 0 Å². The molecule has 0 fully saturated rings. The fraction of sp³-hybridized carbons (Fsp3) is 0. The Kier molecular flexibility index (Phi) is 2.52. The molecule has 0 N–H and O–H groups in total. The van der Waals surface area contributed by atoms with Gasteiger partial charge >= 0.3 is 0 Å². The number of hydrogen-bond acceptors (Lipinski definition) is 0. The second-order valence-corrected chi connectivity index (χ2v) is 2.33. The Morgan fingerprint density at radius 1 is 1.30 bits per heavy atom. The summed E-state index contributed by atoms with van der Waals surface area (Å²) in [7, 11) is 0. The summed E-state index contributed by atoms with van der Waals surface area (Å²) >= 11 is 5.82. The van der Waals surface area contributed by atoms with Gasteiger partial charge in [-0.1, -0.05) is 35.9 Å². The van der Waals surface area contributed by atoms with Gasteiger partial charge < -0.3 is 0 Å². The van der Waals surface area contributed by atoms with Gasteiger partial charge in [-0.05, 0) is 11.6 Å². The number of halogens is 1. The molecule has 0 aromatic heterocycles. The van der Waals surface area contributed by atoms with Crippen molar-refractivity contribution >= 4 is 11.6 Å². The molecule has 1 radical (unpaired) electrons. The largest absolute Gasteiger partial charge is 0.102 e. The zero-order chi connectivity index (χ0) is 7.40. The maximum absolute atomic E-state index is 5.82. The van der Waals surface area contributed by atoms with Crippen LogP contribution in [0.2, 0.25) is 5.02 Å². The molecule has 0 saturated heterocycles. The lowest BCUT2D eigenvalue weighted by Crippen LogP contribution is -1.77. The number of benzene rings is 1. The molecule has 51 valence electrons. The molecule has 1 heteroatoms. The Morgan fingerprint density at radius 3 is 2.60 bits per heavy atom. The topological polar surface area (TPSA) is 0 Å². The van der Waals surface area contributed by atoms with E-state index in [1.807, 2.05) is 30.7 Å². The standard InChI is InChI=1S/C9H8Cl/c1-2-5-8-6-3-4-7-9(8)10/h2-7H,1H2. The van der Waals surface area contributed by atoms with Crippen LogP contribution in [0.1, 0.15) is 5.56 Å². The summed E-state index contributed by atoms with van der Waals surface area (Å²) in [6.45, 7) is 3.58. The van der Waals surface area contributed by atoms with Crippen molar-refractivity contribution in [1.82, 2.24) is 0 Å². The van der Waals surface area contributed by atoms with Gasteiger partial charge in [-0.3, -0.25) is 0 Å². The first kappa shape index (κ1) is 7.36. The van der Waals surface area contributed by atoms with Crippen molar-refractivity contribution in [2.75, 3.05) is 0 Å². The molecule has 1 aromatic carbocycles. The van der Waals surface area contributed by atoms with Crippen LogP contribution in [0.15, 0.2) is 36.9 Å². The molecular weight excluding hydrogens is 144 g/mol. The van der Waals surface area contributed by atoms with Crippen LogP contribution in [0.25, 0.3) is 0 Å². The third-order valence-electron chi connectivity index (χ3n) is 1.20. The lowest BCUT2D eigenvalue weighted by Gasteiger charge is -1.96. The average Bonchev–Trinajstić information content (AvgIpc) is 1.94. The van der Waals surface area contributed by atoms with Crippen molar-refractivity contribution in [3.05, 3.63) is 53.9 Å². The van der Waals surface area contributed by atoms with Gasteiger partial charge in [0, 0.05) is 11.4 Å². The first-order chi connectivity index (χ1) is 4.84. The summed E-state index contributed by atoms with van der Waals surface area (Å²) in [5.74, 6) is 0. The van der Waals surface area contributed by atoms with Crippen LogP contribution in [-0.2, 0) is 0 Å². The second-order valence-electron chi connectivity index (χ2n) is 1.92. The van der Waals surface area contributed by atoms with E-state index in [1.54, 1.807) is 6.08 Å². The summed E-state index contributed by atoms with van der Waals surface area (Å²) in [5, 5.41) is 0.766. The second kappa shape index (κ2) is 3.43. The lowest BCUT2D eigenvalue weighted by atomic mass is 10.1. The van der Waals surface area contributed by atoms with E-state index >= 15 is 0 Å². The summed E-state index contributed by atoms with van der Waals surface area (Å²) in [5.41, 5.74) is 1.01. The van der Waals surface area contributed by atoms with Gasteiger partial charge in [-0.2, -0.15) is 0 Å². The van der Waals surface area contributed by atoms with Gasteiger partial charge in [0.2, 0.25) is 0 Å². The zero-order valence-electron chi connectivity index (χ0n) is 5.55. The Morgan fingerprint density at radius 2 is 2.00 bits per heavy atom. The predicted molar refractivity (Wildman–Crippen MR) is 45.1 cm³/mol. The van der Waals surface area contributed by atoms with Crippen LogP contribution in [-0.4, -0.2) is 0 Å². The fourth-order valence-electron chi connectivity index (χ4n) is 0.737. The quantitative estimate of drug-likeness (QED) is 0.610. The van der Waals surface area contributed by atoms with Crippen molar-refractivity contribution in [3.63, 3.8) is 0 Å². The van der Waals surface area contributed by atoms with E-state index in [-0.39, 0.29) is 0 Å². The van der Waals surface area contributed by atoms with Crippen LogP contribution in [0.3, 0.4) is 0 Å². The minimum Gasteiger partial charge on any atom is -0.102 e. The third kappa shape index (κ3) is 1.61. The van der Waals surface area contributed by atoms with Crippen molar-refractivity contribution in [3.8, 4) is 0 Å². The molecule has 1 aromatic rings. The molecule has 0 nitrogen and oxygen atoms in total. The van der Waals surface area contributed by atoms with E-state index < -0.39 is 0 Å². The Balaban J connectivity index is 2.91. The van der Waals surface area contributed by atoms with Crippen LogP contribution in [0.4, 0.5) is 0 Å². The molecule has 0 unspecified atom stereocenters. The van der Waals surface area contributed by atoms with Crippen LogP contribution in [0.5, 0.6) is 0 Å². The molecule has 0 spiro atoms. The summed E-state index contributed by atoms with van der Waals surface area (Å²) < 4.78 is 0. The third-order valence-corrected chi connectivity index (χ3v) is 1.55. The SMILES string of the molecule is C=C[CH]c1ccccc1Cl. The molecule has 0 heterocycles. The lowest BCUT2D eigenvalue weighted by molar-refractivity contribution is 1.53. The highest BCUT2D eigenvalue weighted by Crippen LogP contribution is 2.16. The highest BCUT2D eigenvalue weighted by molar-refractivity contribution is 6.31. The van der Waals surface area contributed by atoms with E-state index in [4.69, 9.17) is 11.6 Å². The average molecular weight is 152 g/mol. The Labute approximate surface area is 66.1 Å². The molecular formula is C9H8Cl. The minimum absolute atomic E-state index is 0.766. The normalized spacial score (nSPS) is 9.30. The smallest absolute Gasteiger partial charge is 0.0444 e. The summed E-state index contributed by atoms with van der Waals surface area (Å²) in [4.78, 5) is 0. The van der Waals surface area contributed by atoms with E-state index in [1.165, 1.54) is 0 Å². The molecule has 0 aliphatic rings. The highest BCUT2D eigenvalue weighted by Gasteiger charge is 1.93. The maximum Gasteiger partial charge on any atom is 0.0444 e. The van der Waals surface area contributed by atoms with Crippen LogP contribution >= 0.6 is 11.6 Å². The number of allylic oxidation sites excluding steroid dienone is 1. The van der Waals surface area contributed by atoms with Gasteiger partial charge in [-0.25, -0.2) is 0 Å². The number of hydrogen-bond donors (Lipinski definition) is 0. The van der Waals surface area contributed by atoms with E-state index in [9.17, 15) is 0 Å². The predicted octanol–water partition coefficient (Wildman–Crippen LogP) is 3.08. The van der Waals surface area contributed by atoms with E-state index in [2.05, 4.69) is 6.58 Å².